The lowest BCUT2D eigenvalue weighted by atomic mass is 10.1. The summed E-state index contributed by atoms with van der Waals surface area (Å²) in [6, 6.07) is 4.38. The van der Waals surface area contributed by atoms with Crippen LogP contribution in [0.4, 0.5) is 5.69 Å². The van der Waals surface area contributed by atoms with E-state index in [2.05, 4.69) is 22.5 Å². The Balaban J connectivity index is 0.00000264. The quantitative estimate of drug-likeness (QED) is 0.817. The van der Waals surface area contributed by atoms with Crippen molar-refractivity contribution in [3.8, 4) is 0 Å². The van der Waals surface area contributed by atoms with E-state index in [-0.39, 0.29) is 18.3 Å². The fourth-order valence-electron chi connectivity index (χ4n) is 3.07. The van der Waals surface area contributed by atoms with Crippen molar-refractivity contribution in [2.45, 2.75) is 39.7 Å². The predicted molar refractivity (Wildman–Crippen MR) is 99.9 cm³/mol. The molecular formula is C17H27Cl2N3O. The number of aryl methyl sites for hydroxylation is 2. The molecule has 1 atom stereocenters. The molecule has 1 amide bonds. The molecule has 1 unspecified atom stereocenters. The minimum Gasteiger partial charge on any atom is -0.323 e. The van der Waals surface area contributed by atoms with Crippen molar-refractivity contribution >= 4 is 35.6 Å². The molecule has 1 aliphatic heterocycles. The number of carbonyl (C=O) groups excluding carboxylic acids is 1. The van der Waals surface area contributed by atoms with E-state index in [0.29, 0.717) is 17.6 Å². The third kappa shape index (κ3) is 5.64. The van der Waals surface area contributed by atoms with Crippen LogP contribution in [0.2, 0.25) is 5.02 Å². The van der Waals surface area contributed by atoms with Crippen molar-refractivity contribution in [1.29, 1.82) is 0 Å². The van der Waals surface area contributed by atoms with Crippen molar-refractivity contribution < 1.29 is 4.79 Å². The van der Waals surface area contributed by atoms with Crippen LogP contribution in [0.3, 0.4) is 0 Å². The number of anilines is 1. The largest absolute Gasteiger partial charge is 0.323 e. The molecule has 0 aromatic heterocycles. The highest BCUT2D eigenvalue weighted by Gasteiger charge is 2.23. The average molecular weight is 360 g/mol. The van der Waals surface area contributed by atoms with Crippen LogP contribution in [-0.2, 0) is 4.79 Å². The zero-order valence-corrected chi connectivity index (χ0v) is 15.7. The van der Waals surface area contributed by atoms with E-state index in [4.69, 9.17) is 11.6 Å². The second kappa shape index (κ2) is 9.48. The van der Waals surface area contributed by atoms with Crippen LogP contribution < -0.4 is 10.6 Å². The SMILES string of the molecule is CCCN(CC(=O)Nc1c(C)cc(C)cc1Cl)C1CCNC1.Cl. The molecule has 4 nitrogen and oxygen atoms in total. The van der Waals surface area contributed by atoms with E-state index in [0.717, 1.165) is 49.3 Å². The fourth-order valence-corrected chi connectivity index (χ4v) is 3.43. The molecule has 1 heterocycles. The van der Waals surface area contributed by atoms with E-state index in [1.807, 2.05) is 26.0 Å². The molecule has 0 radical (unpaired) electrons. The summed E-state index contributed by atoms with van der Waals surface area (Å²) in [5.74, 6) is 0.00852. The second-order valence-corrected chi connectivity index (χ2v) is 6.51. The number of nitrogens with zero attached hydrogens (tertiary/aromatic N) is 1. The fraction of sp³-hybridized carbons (Fsp3) is 0.588. The molecule has 1 aromatic carbocycles. The number of benzene rings is 1. The summed E-state index contributed by atoms with van der Waals surface area (Å²) in [4.78, 5) is 14.7. The number of hydrogen-bond acceptors (Lipinski definition) is 3. The summed E-state index contributed by atoms with van der Waals surface area (Å²) < 4.78 is 0. The van der Waals surface area contributed by atoms with Gasteiger partial charge in [-0.2, -0.15) is 0 Å². The molecule has 0 spiro atoms. The Morgan fingerprint density at radius 2 is 2.17 bits per heavy atom. The molecule has 23 heavy (non-hydrogen) atoms. The number of amides is 1. The lowest BCUT2D eigenvalue weighted by Gasteiger charge is -2.27. The van der Waals surface area contributed by atoms with Gasteiger partial charge in [0.15, 0.2) is 0 Å². The normalized spacial score (nSPS) is 17.2. The highest BCUT2D eigenvalue weighted by atomic mass is 35.5. The van der Waals surface area contributed by atoms with Crippen molar-refractivity contribution in [1.82, 2.24) is 10.2 Å². The molecule has 1 aliphatic rings. The number of rotatable bonds is 6. The molecule has 1 saturated heterocycles. The van der Waals surface area contributed by atoms with Gasteiger partial charge in [-0.25, -0.2) is 0 Å². The maximum Gasteiger partial charge on any atom is 0.238 e. The van der Waals surface area contributed by atoms with E-state index in [1.165, 1.54) is 0 Å². The predicted octanol–water partition coefficient (Wildman–Crippen LogP) is 3.39. The van der Waals surface area contributed by atoms with E-state index < -0.39 is 0 Å². The summed E-state index contributed by atoms with van der Waals surface area (Å²) in [5.41, 5.74) is 2.84. The Morgan fingerprint density at radius 3 is 2.74 bits per heavy atom. The van der Waals surface area contributed by atoms with Crippen LogP contribution in [0, 0.1) is 13.8 Å². The van der Waals surface area contributed by atoms with Gasteiger partial charge in [0.25, 0.3) is 0 Å². The van der Waals surface area contributed by atoms with Crippen molar-refractivity contribution in [2.75, 3.05) is 31.5 Å². The first-order chi connectivity index (χ1) is 10.5. The summed E-state index contributed by atoms with van der Waals surface area (Å²) in [5, 5.41) is 6.96. The average Bonchev–Trinajstić information content (AvgIpc) is 2.96. The third-order valence-electron chi connectivity index (χ3n) is 4.10. The third-order valence-corrected chi connectivity index (χ3v) is 4.40. The zero-order chi connectivity index (χ0) is 16.1. The number of nitrogens with one attached hydrogen (secondary N) is 2. The molecule has 1 aromatic rings. The maximum absolute atomic E-state index is 12.4. The lowest BCUT2D eigenvalue weighted by Crippen LogP contribution is -2.42. The topological polar surface area (TPSA) is 44.4 Å². The van der Waals surface area contributed by atoms with Gasteiger partial charge < -0.3 is 10.6 Å². The summed E-state index contributed by atoms with van der Waals surface area (Å²) in [7, 11) is 0. The first-order valence-corrected chi connectivity index (χ1v) is 8.40. The minimum atomic E-state index is 0. The molecule has 1 fully saturated rings. The monoisotopic (exact) mass is 359 g/mol. The number of carbonyl (C=O) groups is 1. The van der Waals surface area contributed by atoms with Gasteiger partial charge in [0.05, 0.1) is 17.3 Å². The Bertz CT molecular complexity index is 508. The number of halogens is 2. The first-order valence-electron chi connectivity index (χ1n) is 8.02. The molecule has 2 rings (SSSR count). The van der Waals surface area contributed by atoms with E-state index in [9.17, 15) is 4.79 Å². The summed E-state index contributed by atoms with van der Waals surface area (Å²) >= 11 is 6.27. The Morgan fingerprint density at radius 1 is 1.43 bits per heavy atom. The Kier molecular flexibility index (Phi) is 8.34. The van der Waals surface area contributed by atoms with Crippen LogP contribution >= 0.6 is 24.0 Å². The van der Waals surface area contributed by atoms with Crippen molar-refractivity contribution in [3.05, 3.63) is 28.3 Å². The first kappa shape index (κ1) is 20.2. The van der Waals surface area contributed by atoms with Gasteiger partial charge in [-0.3, -0.25) is 9.69 Å². The molecular weight excluding hydrogens is 333 g/mol. The number of hydrogen-bond donors (Lipinski definition) is 2. The molecule has 6 heteroatoms. The molecule has 0 bridgehead atoms. The smallest absolute Gasteiger partial charge is 0.238 e. The van der Waals surface area contributed by atoms with Crippen LogP contribution in [0.1, 0.15) is 30.9 Å². The van der Waals surface area contributed by atoms with E-state index in [1.54, 1.807) is 0 Å². The van der Waals surface area contributed by atoms with Crippen molar-refractivity contribution in [3.63, 3.8) is 0 Å². The minimum absolute atomic E-state index is 0. The van der Waals surface area contributed by atoms with Crippen LogP contribution in [0.15, 0.2) is 12.1 Å². The maximum atomic E-state index is 12.4. The van der Waals surface area contributed by atoms with Crippen LogP contribution in [-0.4, -0.2) is 43.0 Å². The van der Waals surface area contributed by atoms with E-state index >= 15 is 0 Å². The standard InChI is InChI=1S/C17H26ClN3O.ClH/c1-4-7-21(14-5-6-19-10-14)11-16(22)20-17-13(3)8-12(2)9-15(17)18;/h8-9,14,19H,4-7,10-11H2,1-3H3,(H,20,22);1H. The van der Waals surface area contributed by atoms with Crippen molar-refractivity contribution in [2.24, 2.45) is 0 Å². The van der Waals surface area contributed by atoms with Gasteiger partial charge in [-0.1, -0.05) is 24.6 Å². The zero-order valence-electron chi connectivity index (χ0n) is 14.1. The molecule has 2 N–H and O–H groups in total. The van der Waals surface area contributed by atoms with Gasteiger partial charge in [0.1, 0.15) is 0 Å². The Hall–Kier alpha value is -0.810. The Labute approximate surface area is 150 Å². The molecule has 0 saturated carbocycles. The molecule has 0 aliphatic carbocycles. The summed E-state index contributed by atoms with van der Waals surface area (Å²) in [6.45, 7) is 9.49. The van der Waals surface area contributed by atoms with Crippen LogP contribution in [0.5, 0.6) is 0 Å². The highest BCUT2D eigenvalue weighted by molar-refractivity contribution is 6.34. The van der Waals surface area contributed by atoms with Gasteiger partial charge in [0.2, 0.25) is 5.91 Å². The molecule has 130 valence electrons. The van der Waals surface area contributed by atoms with Gasteiger partial charge in [-0.15, -0.1) is 12.4 Å². The van der Waals surface area contributed by atoms with Gasteiger partial charge >= 0.3 is 0 Å². The summed E-state index contributed by atoms with van der Waals surface area (Å²) in [6.07, 6.45) is 2.16. The lowest BCUT2D eigenvalue weighted by molar-refractivity contribution is -0.117. The van der Waals surface area contributed by atoms with Gasteiger partial charge in [-0.05, 0) is 57.0 Å². The second-order valence-electron chi connectivity index (χ2n) is 6.10. The van der Waals surface area contributed by atoms with Crippen LogP contribution in [0.25, 0.3) is 0 Å². The highest BCUT2D eigenvalue weighted by Crippen LogP contribution is 2.27. The van der Waals surface area contributed by atoms with Gasteiger partial charge in [0, 0.05) is 12.6 Å².